The first-order valence-electron chi connectivity index (χ1n) is 3.76. The maximum absolute atomic E-state index is 10.8. The van der Waals surface area contributed by atoms with Crippen LogP contribution in [0.3, 0.4) is 0 Å². The van der Waals surface area contributed by atoms with E-state index in [9.17, 15) is 4.79 Å². The number of quaternary nitrogens is 1. The van der Waals surface area contributed by atoms with Gasteiger partial charge in [0, 0.05) is 0 Å². The van der Waals surface area contributed by atoms with Crippen LogP contribution in [0.4, 0.5) is 0 Å². The Morgan fingerprint density at radius 2 is 2.33 bits per heavy atom. The van der Waals surface area contributed by atoms with E-state index >= 15 is 0 Å². The molecule has 0 radical (unpaired) electrons. The minimum atomic E-state index is -0.160. The molecule has 1 fully saturated rings. The number of ether oxygens (including phenoxy) is 1. The van der Waals surface area contributed by atoms with Gasteiger partial charge in [0.15, 0.2) is 6.54 Å². The molecule has 1 unspecified atom stereocenters. The van der Waals surface area contributed by atoms with Crippen molar-refractivity contribution in [3.05, 3.63) is 0 Å². The first kappa shape index (κ1) is 11.7. The molecule has 0 aliphatic carbocycles. The number of likely N-dealkylation sites (N-methyl/N-ethyl adjacent to an activating group) is 1. The number of cyclic esters (lactones) is 1. The van der Waals surface area contributed by atoms with Crippen molar-refractivity contribution in [2.24, 2.45) is 0 Å². The van der Waals surface area contributed by atoms with E-state index in [1.807, 2.05) is 7.05 Å². The fourth-order valence-corrected chi connectivity index (χ4v) is 1.25. The molecule has 1 aliphatic rings. The number of aliphatic hydroxyl groups excluding tert-OH is 1. The van der Waals surface area contributed by atoms with Gasteiger partial charge in [-0.1, -0.05) is 0 Å². The Kier molecular flexibility index (Phi) is 4.52. The minimum Gasteiger partial charge on any atom is -1.00 e. The van der Waals surface area contributed by atoms with Crippen molar-refractivity contribution in [1.29, 1.82) is 0 Å². The molecule has 1 N–H and O–H groups in total. The molecule has 0 amide bonds. The Hall–Kier alpha value is -0.320. The number of hydrogen-bond donors (Lipinski definition) is 1. The van der Waals surface area contributed by atoms with Gasteiger partial charge in [0.25, 0.3) is 0 Å². The number of morpholine rings is 1. The van der Waals surface area contributed by atoms with E-state index in [0.717, 1.165) is 6.54 Å². The second kappa shape index (κ2) is 4.64. The minimum absolute atomic E-state index is 0. The molecule has 1 atom stereocenters. The SMILES string of the molecule is C[N+]1(CCO)CCOC(=O)C1.[Cl-]. The highest BCUT2D eigenvalue weighted by molar-refractivity contribution is 5.71. The van der Waals surface area contributed by atoms with Crippen molar-refractivity contribution < 1.29 is 31.5 Å². The summed E-state index contributed by atoms with van der Waals surface area (Å²) in [5.74, 6) is -0.160. The fraction of sp³-hybridized carbons (Fsp3) is 0.857. The second-order valence-corrected chi connectivity index (χ2v) is 3.17. The molecule has 0 aromatic heterocycles. The third kappa shape index (κ3) is 2.97. The first-order chi connectivity index (χ1) is 5.16. The van der Waals surface area contributed by atoms with Crippen LogP contribution in [0.15, 0.2) is 0 Å². The summed E-state index contributed by atoms with van der Waals surface area (Å²) in [5.41, 5.74) is 0. The lowest BCUT2D eigenvalue weighted by molar-refractivity contribution is -0.907. The third-order valence-corrected chi connectivity index (χ3v) is 2.04. The number of rotatable bonds is 2. The highest BCUT2D eigenvalue weighted by Gasteiger charge is 2.30. The lowest BCUT2D eigenvalue weighted by Crippen LogP contribution is -3.00. The van der Waals surface area contributed by atoms with Crippen LogP contribution in [0.1, 0.15) is 0 Å². The molecule has 1 heterocycles. The predicted molar refractivity (Wildman–Crippen MR) is 38.8 cm³/mol. The Morgan fingerprint density at radius 3 is 2.83 bits per heavy atom. The van der Waals surface area contributed by atoms with Crippen molar-refractivity contribution in [3.8, 4) is 0 Å². The fourth-order valence-electron chi connectivity index (χ4n) is 1.25. The average molecular weight is 196 g/mol. The van der Waals surface area contributed by atoms with Gasteiger partial charge in [-0.15, -0.1) is 0 Å². The molecule has 1 rings (SSSR count). The van der Waals surface area contributed by atoms with Gasteiger partial charge >= 0.3 is 5.97 Å². The molecule has 12 heavy (non-hydrogen) atoms. The van der Waals surface area contributed by atoms with Gasteiger partial charge in [-0.2, -0.15) is 0 Å². The summed E-state index contributed by atoms with van der Waals surface area (Å²) in [4.78, 5) is 10.8. The Bertz CT molecular complexity index is 161. The summed E-state index contributed by atoms with van der Waals surface area (Å²) in [5, 5.41) is 8.70. The number of halogens is 1. The van der Waals surface area contributed by atoms with Crippen LogP contribution in [0.25, 0.3) is 0 Å². The number of nitrogens with zero attached hydrogens (tertiary/aromatic N) is 1. The number of hydrogen-bond acceptors (Lipinski definition) is 3. The number of carbonyl (C=O) groups is 1. The molecular weight excluding hydrogens is 182 g/mol. The number of carbonyl (C=O) groups excluding carboxylic acids is 1. The summed E-state index contributed by atoms with van der Waals surface area (Å²) < 4.78 is 5.39. The maximum Gasteiger partial charge on any atom is 0.361 e. The van der Waals surface area contributed by atoms with E-state index in [1.54, 1.807) is 0 Å². The summed E-state index contributed by atoms with van der Waals surface area (Å²) >= 11 is 0. The van der Waals surface area contributed by atoms with Gasteiger partial charge in [-0.25, -0.2) is 4.79 Å². The van der Waals surface area contributed by atoms with Crippen LogP contribution in [0.2, 0.25) is 0 Å². The highest BCUT2D eigenvalue weighted by atomic mass is 35.5. The van der Waals surface area contributed by atoms with E-state index in [4.69, 9.17) is 9.84 Å². The van der Waals surface area contributed by atoms with Crippen LogP contribution in [0, 0.1) is 0 Å². The predicted octanol–water partition coefficient (Wildman–Crippen LogP) is -4.01. The number of esters is 1. The molecule has 5 heteroatoms. The molecular formula is C7H14ClNO3. The van der Waals surface area contributed by atoms with Gasteiger partial charge in [-0.3, -0.25) is 0 Å². The van der Waals surface area contributed by atoms with Crippen molar-refractivity contribution in [2.45, 2.75) is 0 Å². The van der Waals surface area contributed by atoms with E-state index in [1.165, 1.54) is 0 Å². The van der Waals surface area contributed by atoms with E-state index in [2.05, 4.69) is 0 Å². The molecule has 0 aromatic rings. The lowest BCUT2D eigenvalue weighted by Gasteiger charge is -2.35. The summed E-state index contributed by atoms with van der Waals surface area (Å²) in [6, 6.07) is 0. The quantitative estimate of drug-likeness (QED) is 0.361. The van der Waals surface area contributed by atoms with Crippen molar-refractivity contribution in [1.82, 2.24) is 0 Å². The van der Waals surface area contributed by atoms with Crippen molar-refractivity contribution in [2.75, 3.05) is 39.9 Å². The van der Waals surface area contributed by atoms with Crippen LogP contribution in [-0.4, -0.2) is 55.5 Å². The Labute approximate surface area is 78.1 Å². The van der Waals surface area contributed by atoms with Gasteiger partial charge in [0.1, 0.15) is 19.7 Å². The molecule has 0 saturated carbocycles. The second-order valence-electron chi connectivity index (χ2n) is 3.17. The normalized spacial score (nSPS) is 29.0. The molecule has 72 valence electrons. The summed E-state index contributed by atoms with van der Waals surface area (Å²) in [6.45, 7) is 2.45. The van der Waals surface area contributed by atoms with Gasteiger partial charge < -0.3 is 26.7 Å². The zero-order valence-corrected chi connectivity index (χ0v) is 7.88. The third-order valence-electron chi connectivity index (χ3n) is 2.04. The highest BCUT2D eigenvalue weighted by Crippen LogP contribution is 2.06. The van der Waals surface area contributed by atoms with Crippen molar-refractivity contribution >= 4 is 5.97 Å². The average Bonchev–Trinajstić information content (AvgIpc) is 1.86. The zero-order chi connectivity index (χ0) is 8.32. The number of aliphatic hydroxyl groups is 1. The van der Waals surface area contributed by atoms with Gasteiger partial charge in [0.2, 0.25) is 0 Å². The Balaban J connectivity index is 0.00000121. The molecule has 0 aromatic carbocycles. The van der Waals surface area contributed by atoms with Crippen LogP contribution >= 0.6 is 0 Å². The maximum atomic E-state index is 10.8. The largest absolute Gasteiger partial charge is 1.00 e. The van der Waals surface area contributed by atoms with E-state index in [-0.39, 0.29) is 25.0 Å². The summed E-state index contributed by atoms with van der Waals surface area (Å²) in [7, 11) is 1.96. The van der Waals surface area contributed by atoms with Crippen LogP contribution in [0.5, 0.6) is 0 Å². The standard InChI is InChI=1S/C7H14NO3.ClH/c1-8(2-4-9)3-5-11-7(10)6-8;/h9H,2-6H2,1H3;1H/q+1;/p-1. The van der Waals surface area contributed by atoms with E-state index < -0.39 is 0 Å². The first-order valence-corrected chi connectivity index (χ1v) is 3.76. The summed E-state index contributed by atoms with van der Waals surface area (Å²) in [6.07, 6.45) is 0. The molecule has 1 aliphatic heterocycles. The molecule has 0 spiro atoms. The lowest BCUT2D eigenvalue weighted by atomic mass is 10.3. The topological polar surface area (TPSA) is 46.5 Å². The Morgan fingerprint density at radius 1 is 1.67 bits per heavy atom. The van der Waals surface area contributed by atoms with E-state index in [0.29, 0.717) is 24.2 Å². The van der Waals surface area contributed by atoms with Gasteiger partial charge in [-0.05, 0) is 0 Å². The monoisotopic (exact) mass is 195 g/mol. The van der Waals surface area contributed by atoms with Crippen LogP contribution < -0.4 is 12.4 Å². The smallest absolute Gasteiger partial charge is 0.361 e. The van der Waals surface area contributed by atoms with Crippen molar-refractivity contribution in [3.63, 3.8) is 0 Å². The zero-order valence-electron chi connectivity index (χ0n) is 7.12. The van der Waals surface area contributed by atoms with Gasteiger partial charge in [0.05, 0.1) is 13.7 Å². The molecule has 0 bridgehead atoms. The van der Waals surface area contributed by atoms with Crippen LogP contribution in [-0.2, 0) is 9.53 Å². The molecule has 4 nitrogen and oxygen atoms in total. The molecule has 1 saturated heterocycles.